The molecule has 1 fully saturated rings. The summed E-state index contributed by atoms with van der Waals surface area (Å²) in [7, 11) is 1.38. The van der Waals surface area contributed by atoms with E-state index in [2.05, 4.69) is 15.2 Å². The molecular formula is C18H22N4O3. The minimum atomic E-state index is -0.249. The lowest BCUT2D eigenvalue weighted by Gasteiger charge is -2.17. The van der Waals surface area contributed by atoms with Gasteiger partial charge in [-0.2, -0.15) is 5.10 Å². The number of amides is 1. The molecule has 1 aliphatic heterocycles. The molecule has 0 radical (unpaired) electrons. The van der Waals surface area contributed by atoms with Crippen molar-refractivity contribution in [3.05, 3.63) is 48.3 Å². The molecule has 7 heteroatoms. The van der Waals surface area contributed by atoms with Crippen molar-refractivity contribution in [3.8, 4) is 0 Å². The molecule has 25 heavy (non-hydrogen) atoms. The minimum Gasteiger partial charge on any atom is -0.469 e. The van der Waals surface area contributed by atoms with Gasteiger partial charge in [0, 0.05) is 43.0 Å². The highest BCUT2D eigenvalue weighted by Crippen LogP contribution is 2.21. The van der Waals surface area contributed by atoms with Gasteiger partial charge in [0.2, 0.25) is 5.91 Å². The van der Waals surface area contributed by atoms with Gasteiger partial charge in [0.05, 0.1) is 26.3 Å². The minimum absolute atomic E-state index is 0.117. The summed E-state index contributed by atoms with van der Waals surface area (Å²) in [5, 5.41) is 7.65. The third-order valence-corrected chi connectivity index (χ3v) is 4.25. The molecule has 0 saturated carbocycles. The van der Waals surface area contributed by atoms with Crippen LogP contribution in [0.4, 0.5) is 5.69 Å². The largest absolute Gasteiger partial charge is 0.469 e. The van der Waals surface area contributed by atoms with Crippen molar-refractivity contribution in [1.82, 2.24) is 15.1 Å². The summed E-state index contributed by atoms with van der Waals surface area (Å²) < 4.78 is 6.35. The van der Waals surface area contributed by atoms with E-state index in [1.165, 1.54) is 7.11 Å². The van der Waals surface area contributed by atoms with Crippen LogP contribution in [0.2, 0.25) is 0 Å². The van der Waals surface area contributed by atoms with Crippen LogP contribution in [0.25, 0.3) is 0 Å². The van der Waals surface area contributed by atoms with Gasteiger partial charge in [-0.05, 0) is 12.1 Å². The molecule has 1 aromatic heterocycles. The Bertz CT molecular complexity index is 729. The van der Waals surface area contributed by atoms with Crippen molar-refractivity contribution in [1.29, 1.82) is 0 Å². The van der Waals surface area contributed by atoms with Crippen LogP contribution in [0, 0.1) is 0 Å². The quantitative estimate of drug-likeness (QED) is 0.769. The van der Waals surface area contributed by atoms with Gasteiger partial charge >= 0.3 is 5.97 Å². The maximum Gasteiger partial charge on any atom is 0.307 e. The smallest absolute Gasteiger partial charge is 0.307 e. The van der Waals surface area contributed by atoms with Crippen LogP contribution >= 0.6 is 0 Å². The Morgan fingerprint density at radius 1 is 1.36 bits per heavy atom. The van der Waals surface area contributed by atoms with E-state index in [-0.39, 0.29) is 17.9 Å². The number of benzene rings is 1. The van der Waals surface area contributed by atoms with E-state index in [0.29, 0.717) is 32.5 Å². The van der Waals surface area contributed by atoms with E-state index in [9.17, 15) is 9.59 Å². The first-order chi connectivity index (χ1) is 12.2. The van der Waals surface area contributed by atoms with Gasteiger partial charge < -0.3 is 15.0 Å². The average molecular weight is 342 g/mol. The summed E-state index contributed by atoms with van der Waals surface area (Å²) in [6, 6.07) is 9.83. The number of nitrogens with zero attached hydrogens (tertiary/aromatic N) is 3. The lowest BCUT2D eigenvalue weighted by Crippen LogP contribution is -2.32. The zero-order chi connectivity index (χ0) is 17.6. The van der Waals surface area contributed by atoms with Gasteiger partial charge in [-0.1, -0.05) is 18.2 Å². The number of methoxy groups -OCH3 is 1. The summed E-state index contributed by atoms with van der Waals surface area (Å²) in [6.45, 7) is 1.80. The number of para-hydroxylation sites is 1. The molecule has 1 atom stereocenters. The monoisotopic (exact) mass is 342 g/mol. The summed E-state index contributed by atoms with van der Waals surface area (Å²) in [5.74, 6) is -0.113. The first-order valence-corrected chi connectivity index (χ1v) is 8.32. The number of aryl methyl sites for hydroxylation is 1. The number of carbonyl (C=O) groups excluding carboxylic acids is 2. The molecule has 3 rings (SSSR count). The van der Waals surface area contributed by atoms with Crippen molar-refractivity contribution in [2.75, 3.05) is 18.6 Å². The molecule has 7 nitrogen and oxygen atoms in total. The third-order valence-electron chi connectivity index (χ3n) is 4.25. The summed E-state index contributed by atoms with van der Waals surface area (Å²) in [4.78, 5) is 25.2. The van der Waals surface area contributed by atoms with Crippen LogP contribution in [0.3, 0.4) is 0 Å². The number of hydrogen-bond donors (Lipinski definition) is 1. The first kappa shape index (κ1) is 17.2. The molecule has 1 amide bonds. The Labute approximate surface area is 146 Å². The molecule has 0 unspecified atom stereocenters. The van der Waals surface area contributed by atoms with Crippen LogP contribution in [-0.4, -0.2) is 41.4 Å². The highest BCUT2D eigenvalue weighted by atomic mass is 16.5. The number of hydrogen-bond acceptors (Lipinski definition) is 5. The highest BCUT2D eigenvalue weighted by molar-refractivity contribution is 5.96. The second kappa shape index (κ2) is 7.94. The Morgan fingerprint density at radius 2 is 2.16 bits per heavy atom. The number of nitrogens with one attached hydrogen (secondary N) is 1. The number of aromatic nitrogens is 2. The van der Waals surface area contributed by atoms with E-state index in [4.69, 9.17) is 0 Å². The van der Waals surface area contributed by atoms with Gasteiger partial charge in [0.1, 0.15) is 0 Å². The van der Waals surface area contributed by atoms with Crippen LogP contribution in [0.5, 0.6) is 0 Å². The number of esters is 1. The number of anilines is 1. The molecule has 1 saturated heterocycles. The van der Waals surface area contributed by atoms with E-state index in [0.717, 1.165) is 11.3 Å². The highest BCUT2D eigenvalue weighted by Gasteiger charge is 2.30. The van der Waals surface area contributed by atoms with Crippen LogP contribution in [0.15, 0.2) is 42.7 Å². The first-order valence-electron chi connectivity index (χ1n) is 8.32. The lowest BCUT2D eigenvalue weighted by molar-refractivity contribution is -0.140. The fourth-order valence-electron chi connectivity index (χ4n) is 2.89. The predicted molar refractivity (Wildman–Crippen MR) is 92.9 cm³/mol. The van der Waals surface area contributed by atoms with Gasteiger partial charge in [-0.25, -0.2) is 0 Å². The second-order valence-corrected chi connectivity index (χ2v) is 6.06. The Hall–Kier alpha value is -2.67. The normalized spacial score (nSPS) is 17.1. The van der Waals surface area contributed by atoms with Crippen LogP contribution in [-0.2, 0) is 27.4 Å². The molecule has 2 heterocycles. The molecule has 1 aromatic carbocycles. The standard InChI is InChI=1S/C18H22N4O3/c1-25-18(24)7-8-21-12-14(11-20-21)10-19-15-9-17(23)22(13-15)16-5-3-2-4-6-16/h2-6,11-12,15,19H,7-10,13H2,1H3/t15-/m1/s1. The van der Waals surface area contributed by atoms with E-state index >= 15 is 0 Å². The zero-order valence-electron chi connectivity index (χ0n) is 14.2. The van der Waals surface area contributed by atoms with Gasteiger partial charge in [0.15, 0.2) is 0 Å². The van der Waals surface area contributed by atoms with E-state index < -0.39 is 0 Å². The Morgan fingerprint density at radius 3 is 2.92 bits per heavy atom. The number of carbonyl (C=O) groups is 2. The van der Waals surface area contributed by atoms with Gasteiger partial charge in [0.25, 0.3) is 0 Å². The van der Waals surface area contributed by atoms with Crippen molar-refractivity contribution in [2.45, 2.75) is 32.0 Å². The van der Waals surface area contributed by atoms with Crippen LogP contribution in [0.1, 0.15) is 18.4 Å². The van der Waals surface area contributed by atoms with Gasteiger partial charge in [-0.3, -0.25) is 14.3 Å². The van der Waals surface area contributed by atoms with Crippen molar-refractivity contribution < 1.29 is 14.3 Å². The molecule has 2 aromatic rings. The zero-order valence-corrected chi connectivity index (χ0v) is 14.2. The topological polar surface area (TPSA) is 76.5 Å². The molecular weight excluding hydrogens is 320 g/mol. The third kappa shape index (κ3) is 4.45. The maximum absolute atomic E-state index is 12.2. The number of ether oxygens (including phenoxy) is 1. The predicted octanol–water partition coefficient (Wildman–Crippen LogP) is 1.34. The molecule has 1 aliphatic rings. The fraction of sp³-hybridized carbons (Fsp3) is 0.389. The van der Waals surface area contributed by atoms with E-state index in [1.54, 1.807) is 10.9 Å². The van der Waals surface area contributed by atoms with Crippen molar-refractivity contribution in [3.63, 3.8) is 0 Å². The van der Waals surface area contributed by atoms with Crippen molar-refractivity contribution >= 4 is 17.6 Å². The SMILES string of the molecule is COC(=O)CCn1cc(CN[C@@H]2CC(=O)N(c3ccccc3)C2)cn1. The summed E-state index contributed by atoms with van der Waals surface area (Å²) in [6.07, 6.45) is 4.47. The van der Waals surface area contributed by atoms with E-state index in [1.807, 2.05) is 41.4 Å². The molecule has 0 bridgehead atoms. The Balaban J connectivity index is 1.49. The Kier molecular flexibility index (Phi) is 5.45. The summed E-state index contributed by atoms with van der Waals surface area (Å²) >= 11 is 0. The lowest BCUT2D eigenvalue weighted by atomic mass is 10.2. The van der Waals surface area contributed by atoms with Crippen LogP contribution < -0.4 is 10.2 Å². The molecule has 0 aliphatic carbocycles. The number of rotatable bonds is 7. The maximum atomic E-state index is 12.2. The van der Waals surface area contributed by atoms with Crippen molar-refractivity contribution in [2.24, 2.45) is 0 Å². The second-order valence-electron chi connectivity index (χ2n) is 6.06. The fourth-order valence-corrected chi connectivity index (χ4v) is 2.89. The van der Waals surface area contributed by atoms with Gasteiger partial charge in [-0.15, -0.1) is 0 Å². The summed E-state index contributed by atoms with van der Waals surface area (Å²) in [5.41, 5.74) is 1.96. The molecule has 0 spiro atoms. The average Bonchev–Trinajstić information content (AvgIpc) is 3.25. The molecule has 132 valence electrons. The molecule has 1 N–H and O–H groups in total.